The molecule has 0 heterocycles. The standard InChI is InChI=1S/C22H30N2O3S/c1-7-21(22(25)23-18(5)19-10-8-15(2)9-11-19)24(28(6,26)27)20-13-16(3)12-17(4)14-20/h8-14,18,21H,7H2,1-6H3,(H,23,25)/t18-,21-/m1/s1. The lowest BCUT2D eigenvalue weighted by molar-refractivity contribution is -0.122. The number of rotatable bonds is 7. The van der Waals surface area contributed by atoms with E-state index in [4.69, 9.17) is 0 Å². The summed E-state index contributed by atoms with van der Waals surface area (Å²) in [5.41, 5.74) is 4.54. The summed E-state index contributed by atoms with van der Waals surface area (Å²) in [5, 5.41) is 2.97. The quantitative estimate of drug-likeness (QED) is 0.760. The number of nitrogens with one attached hydrogen (secondary N) is 1. The average molecular weight is 403 g/mol. The largest absolute Gasteiger partial charge is 0.348 e. The van der Waals surface area contributed by atoms with Crippen LogP contribution in [0.1, 0.15) is 48.6 Å². The molecular weight excluding hydrogens is 372 g/mol. The van der Waals surface area contributed by atoms with Crippen molar-refractivity contribution in [3.05, 3.63) is 64.7 Å². The van der Waals surface area contributed by atoms with Gasteiger partial charge in [-0.1, -0.05) is 42.8 Å². The zero-order valence-electron chi connectivity index (χ0n) is 17.5. The van der Waals surface area contributed by atoms with Gasteiger partial charge < -0.3 is 5.32 Å². The molecule has 2 aromatic rings. The van der Waals surface area contributed by atoms with E-state index in [2.05, 4.69) is 5.32 Å². The fourth-order valence-electron chi connectivity index (χ4n) is 3.39. The molecule has 0 aliphatic carbocycles. The minimum absolute atomic E-state index is 0.220. The highest BCUT2D eigenvalue weighted by molar-refractivity contribution is 7.92. The molecule has 0 unspecified atom stereocenters. The highest BCUT2D eigenvalue weighted by Crippen LogP contribution is 2.25. The molecule has 1 N–H and O–H groups in total. The number of hydrogen-bond donors (Lipinski definition) is 1. The van der Waals surface area contributed by atoms with Gasteiger partial charge in [-0.15, -0.1) is 0 Å². The maximum absolute atomic E-state index is 13.0. The van der Waals surface area contributed by atoms with Gasteiger partial charge in [0, 0.05) is 0 Å². The second kappa shape index (κ2) is 8.78. The first-order valence-corrected chi connectivity index (χ1v) is 11.3. The van der Waals surface area contributed by atoms with Gasteiger partial charge >= 0.3 is 0 Å². The predicted molar refractivity (Wildman–Crippen MR) is 115 cm³/mol. The maximum atomic E-state index is 13.0. The van der Waals surface area contributed by atoms with Crippen molar-refractivity contribution >= 4 is 21.6 Å². The van der Waals surface area contributed by atoms with Gasteiger partial charge in [0.15, 0.2) is 0 Å². The molecule has 0 radical (unpaired) electrons. The van der Waals surface area contributed by atoms with Crippen LogP contribution < -0.4 is 9.62 Å². The van der Waals surface area contributed by atoms with E-state index in [0.29, 0.717) is 12.1 Å². The van der Waals surface area contributed by atoms with Crippen molar-refractivity contribution in [2.24, 2.45) is 0 Å². The van der Waals surface area contributed by atoms with Crippen LogP contribution in [0, 0.1) is 20.8 Å². The van der Waals surface area contributed by atoms with E-state index in [1.54, 1.807) is 12.1 Å². The van der Waals surface area contributed by atoms with Gasteiger partial charge in [0.05, 0.1) is 18.0 Å². The normalized spacial score (nSPS) is 13.6. The van der Waals surface area contributed by atoms with Crippen LogP contribution in [0.4, 0.5) is 5.69 Å². The first-order chi connectivity index (χ1) is 13.0. The molecule has 1 amide bonds. The molecule has 0 aliphatic rings. The zero-order valence-corrected chi connectivity index (χ0v) is 18.3. The number of sulfonamides is 1. The van der Waals surface area contributed by atoms with Crippen LogP contribution in [-0.4, -0.2) is 26.6 Å². The molecule has 5 nitrogen and oxygen atoms in total. The Labute approximate surface area is 168 Å². The van der Waals surface area contributed by atoms with Crippen molar-refractivity contribution < 1.29 is 13.2 Å². The minimum atomic E-state index is -3.64. The van der Waals surface area contributed by atoms with Gasteiger partial charge in [0.1, 0.15) is 6.04 Å². The molecule has 2 rings (SSSR count). The first-order valence-electron chi connectivity index (χ1n) is 9.47. The fourth-order valence-corrected chi connectivity index (χ4v) is 4.58. The fraction of sp³-hybridized carbons (Fsp3) is 0.409. The molecule has 0 fully saturated rings. The van der Waals surface area contributed by atoms with Gasteiger partial charge in [-0.3, -0.25) is 9.10 Å². The maximum Gasteiger partial charge on any atom is 0.244 e. The molecule has 0 spiro atoms. The van der Waals surface area contributed by atoms with E-state index < -0.39 is 16.1 Å². The van der Waals surface area contributed by atoms with E-state index >= 15 is 0 Å². The molecule has 0 aromatic heterocycles. The Morgan fingerprint density at radius 1 is 1.00 bits per heavy atom. The summed E-state index contributed by atoms with van der Waals surface area (Å²) in [7, 11) is -3.64. The monoisotopic (exact) mass is 402 g/mol. The molecule has 0 saturated carbocycles. The second-order valence-electron chi connectivity index (χ2n) is 7.47. The number of anilines is 1. The summed E-state index contributed by atoms with van der Waals surface area (Å²) in [4.78, 5) is 13.0. The van der Waals surface area contributed by atoms with E-state index in [1.807, 2.05) is 65.0 Å². The molecule has 152 valence electrons. The predicted octanol–water partition coefficient (Wildman–Crippen LogP) is 4.03. The lowest BCUT2D eigenvalue weighted by Gasteiger charge is -2.31. The number of aryl methyl sites for hydroxylation is 3. The molecular formula is C22H30N2O3S. The Balaban J connectivity index is 2.34. The molecule has 0 saturated heterocycles. The Hall–Kier alpha value is -2.34. The number of amides is 1. The summed E-state index contributed by atoms with van der Waals surface area (Å²) in [5.74, 6) is -0.305. The smallest absolute Gasteiger partial charge is 0.244 e. The third-order valence-corrected chi connectivity index (χ3v) is 5.91. The van der Waals surface area contributed by atoms with E-state index in [9.17, 15) is 13.2 Å². The van der Waals surface area contributed by atoms with Crippen molar-refractivity contribution in [2.75, 3.05) is 10.6 Å². The highest BCUT2D eigenvalue weighted by atomic mass is 32.2. The van der Waals surface area contributed by atoms with Gasteiger partial charge in [-0.2, -0.15) is 0 Å². The Bertz CT molecular complexity index is 917. The molecule has 0 bridgehead atoms. The summed E-state index contributed by atoms with van der Waals surface area (Å²) in [6.07, 6.45) is 1.51. The average Bonchev–Trinajstić information content (AvgIpc) is 2.57. The second-order valence-corrected chi connectivity index (χ2v) is 9.33. The third-order valence-electron chi connectivity index (χ3n) is 4.73. The summed E-state index contributed by atoms with van der Waals surface area (Å²) < 4.78 is 26.4. The summed E-state index contributed by atoms with van der Waals surface area (Å²) in [6.45, 7) is 9.56. The number of nitrogens with zero attached hydrogens (tertiary/aromatic N) is 1. The Morgan fingerprint density at radius 3 is 2.00 bits per heavy atom. The summed E-state index contributed by atoms with van der Waals surface area (Å²) in [6, 6.07) is 12.5. The van der Waals surface area contributed by atoms with Crippen molar-refractivity contribution in [2.45, 2.75) is 53.1 Å². The van der Waals surface area contributed by atoms with Crippen molar-refractivity contribution in [1.29, 1.82) is 0 Å². The Morgan fingerprint density at radius 2 is 1.54 bits per heavy atom. The van der Waals surface area contributed by atoms with E-state index in [-0.39, 0.29) is 11.9 Å². The van der Waals surface area contributed by atoms with Crippen LogP contribution in [0.3, 0.4) is 0 Å². The molecule has 28 heavy (non-hydrogen) atoms. The van der Waals surface area contributed by atoms with Crippen LogP contribution >= 0.6 is 0 Å². The zero-order chi connectivity index (χ0) is 21.1. The summed E-state index contributed by atoms with van der Waals surface area (Å²) >= 11 is 0. The van der Waals surface area contributed by atoms with Crippen LogP contribution in [0.5, 0.6) is 0 Å². The van der Waals surface area contributed by atoms with Crippen LogP contribution in [0.25, 0.3) is 0 Å². The minimum Gasteiger partial charge on any atom is -0.348 e. The highest BCUT2D eigenvalue weighted by Gasteiger charge is 2.32. The van der Waals surface area contributed by atoms with Crippen LogP contribution in [0.15, 0.2) is 42.5 Å². The number of carbonyl (C=O) groups excluding carboxylic acids is 1. The third kappa shape index (κ3) is 5.35. The molecule has 0 aliphatic heterocycles. The molecule has 6 heteroatoms. The van der Waals surface area contributed by atoms with E-state index in [0.717, 1.165) is 28.5 Å². The molecule has 2 atom stereocenters. The van der Waals surface area contributed by atoms with Gasteiger partial charge in [-0.05, 0) is 62.9 Å². The van der Waals surface area contributed by atoms with Crippen molar-refractivity contribution in [3.8, 4) is 0 Å². The van der Waals surface area contributed by atoms with Crippen molar-refractivity contribution in [1.82, 2.24) is 5.32 Å². The van der Waals surface area contributed by atoms with Crippen LogP contribution in [0.2, 0.25) is 0 Å². The SMILES string of the molecule is CC[C@H](C(=O)N[C@H](C)c1ccc(C)cc1)N(c1cc(C)cc(C)c1)S(C)(=O)=O. The van der Waals surface area contributed by atoms with Gasteiger partial charge in [-0.25, -0.2) is 8.42 Å². The van der Waals surface area contributed by atoms with Gasteiger partial charge in [0.2, 0.25) is 15.9 Å². The van der Waals surface area contributed by atoms with Crippen LogP contribution in [-0.2, 0) is 14.8 Å². The topological polar surface area (TPSA) is 66.5 Å². The lowest BCUT2D eigenvalue weighted by Crippen LogP contribution is -2.49. The number of carbonyl (C=O) groups is 1. The van der Waals surface area contributed by atoms with E-state index in [1.165, 1.54) is 4.31 Å². The molecule has 2 aromatic carbocycles. The van der Waals surface area contributed by atoms with Crippen molar-refractivity contribution in [3.63, 3.8) is 0 Å². The lowest BCUT2D eigenvalue weighted by atomic mass is 10.1. The first kappa shape index (κ1) is 22.0. The van der Waals surface area contributed by atoms with Gasteiger partial charge in [0.25, 0.3) is 0 Å². The number of hydrogen-bond acceptors (Lipinski definition) is 3. The Kier molecular flexibility index (Phi) is 6.88. The number of benzene rings is 2.